The summed E-state index contributed by atoms with van der Waals surface area (Å²) >= 11 is 0. The second kappa shape index (κ2) is 4.65. The molecule has 1 aliphatic carbocycles. The first kappa shape index (κ1) is 11.4. The summed E-state index contributed by atoms with van der Waals surface area (Å²) in [6.07, 6.45) is 2.18. The maximum absolute atomic E-state index is 7.42. The van der Waals surface area contributed by atoms with Crippen LogP contribution in [-0.2, 0) is 24.0 Å². The van der Waals surface area contributed by atoms with E-state index in [0.717, 1.165) is 25.7 Å². The summed E-state index contributed by atoms with van der Waals surface area (Å²) < 4.78 is 39.6. The van der Waals surface area contributed by atoms with E-state index in [1.54, 1.807) is 0 Å². The van der Waals surface area contributed by atoms with Crippen molar-refractivity contribution in [3.05, 3.63) is 0 Å². The number of ether oxygens (including phenoxy) is 3. The number of methoxy groups -OCH3 is 1. The standard InChI is InChI=1S/C16H26O5/c1-9-5-6-12-10(2)13(17-4)18-14-16(12)11(9)7-8-15(3,19-14)20-21-16/h9-14H,5-8H2,1-4H3/t9-,10-,11+,12+,13?,14?,15+,16?/m1/s1/i4+1D3. The van der Waals surface area contributed by atoms with Crippen molar-refractivity contribution in [2.45, 2.75) is 70.4 Å². The Morgan fingerprint density at radius 2 is 2.00 bits per heavy atom. The Balaban J connectivity index is 1.72. The van der Waals surface area contributed by atoms with Crippen LogP contribution in [0.1, 0.15) is 50.6 Å². The molecule has 4 heterocycles. The zero-order chi connectivity index (χ0) is 17.3. The van der Waals surface area contributed by atoms with E-state index in [1.807, 2.05) is 13.8 Å². The highest BCUT2D eigenvalue weighted by molar-refractivity contribution is 5.08. The van der Waals surface area contributed by atoms with Crippen LogP contribution in [0, 0.1) is 23.7 Å². The van der Waals surface area contributed by atoms with Crippen molar-refractivity contribution >= 4 is 0 Å². The Kier molecular flexibility index (Phi) is 2.51. The fraction of sp³-hybridized carbons (Fsp3) is 1.00. The number of hydrogen-bond donors (Lipinski definition) is 0. The predicted octanol–water partition coefficient (Wildman–Crippen LogP) is 2.84. The van der Waals surface area contributed by atoms with Gasteiger partial charge in [0.25, 0.3) is 0 Å². The third-order valence-electron chi connectivity index (χ3n) is 6.21. The quantitative estimate of drug-likeness (QED) is 0.550. The molecule has 0 aromatic rings. The van der Waals surface area contributed by atoms with Gasteiger partial charge in [-0.1, -0.05) is 13.8 Å². The molecule has 0 amide bonds. The molecule has 5 heteroatoms. The smallest absolute Gasteiger partial charge is 0.201 e. The lowest BCUT2D eigenvalue weighted by Crippen LogP contribution is -2.70. The van der Waals surface area contributed by atoms with Gasteiger partial charge >= 0.3 is 0 Å². The lowest BCUT2D eigenvalue weighted by atomic mass is 9.58. The second-order valence-corrected chi connectivity index (χ2v) is 7.39. The second-order valence-electron chi connectivity index (χ2n) is 7.39. The summed E-state index contributed by atoms with van der Waals surface area (Å²) in [5.74, 6) is -0.157. The average Bonchev–Trinajstić information content (AvgIpc) is 2.69. The van der Waals surface area contributed by atoms with Crippen molar-refractivity contribution in [2.75, 3.05) is 7.04 Å². The van der Waals surface area contributed by atoms with E-state index in [2.05, 4.69) is 6.92 Å². The van der Waals surface area contributed by atoms with Crippen molar-refractivity contribution in [2.24, 2.45) is 23.7 Å². The molecule has 8 atom stereocenters. The van der Waals surface area contributed by atoms with Crippen LogP contribution in [-0.4, -0.2) is 31.0 Å². The van der Waals surface area contributed by atoms with Crippen LogP contribution in [0.15, 0.2) is 0 Å². The van der Waals surface area contributed by atoms with Gasteiger partial charge in [0, 0.05) is 25.3 Å². The van der Waals surface area contributed by atoms with Crippen molar-refractivity contribution in [3.63, 3.8) is 0 Å². The van der Waals surface area contributed by atoms with Crippen molar-refractivity contribution in [3.8, 4) is 0 Å². The molecule has 5 nitrogen and oxygen atoms in total. The molecular weight excluding hydrogens is 273 g/mol. The molecule has 5 aliphatic rings. The Labute approximate surface area is 130 Å². The van der Waals surface area contributed by atoms with Crippen LogP contribution < -0.4 is 0 Å². The molecule has 1 saturated carbocycles. The summed E-state index contributed by atoms with van der Waals surface area (Å²) in [5.41, 5.74) is -0.679. The summed E-state index contributed by atoms with van der Waals surface area (Å²) in [6, 6.07) is 0. The Bertz CT molecular complexity index is 514. The van der Waals surface area contributed by atoms with Gasteiger partial charge in [-0.2, -0.15) is 0 Å². The fourth-order valence-corrected chi connectivity index (χ4v) is 5.01. The molecule has 0 radical (unpaired) electrons. The van der Waals surface area contributed by atoms with Crippen LogP contribution in [0.5, 0.6) is 0 Å². The molecule has 5 rings (SSSR count). The van der Waals surface area contributed by atoms with E-state index >= 15 is 0 Å². The first-order chi connectivity index (χ1) is 11.1. The highest BCUT2D eigenvalue weighted by Crippen LogP contribution is 2.60. The van der Waals surface area contributed by atoms with E-state index in [0.29, 0.717) is 5.92 Å². The van der Waals surface area contributed by atoms with Crippen molar-refractivity contribution < 1.29 is 28.1 Å². The normalized spacial score (nSPS) is 62.1. The molecule has 4 saturated heterocycles. The number of fused-ring (bicyclic) bond motifs is 2. The first-order valence-corrected chi connectivity index (χ1v) is 8.02. The first-order valence-electron chi connectivity index (χ1n) is 9.52. The third kappa shape index (κ3) is 1.81. The maximum Gasteiger partial charge on any atom is 0.201 e. The van der Waals surface area contributed by atoms with Gasteiger partial charge in [0.15, 0.2) is 18.2 Å². The molecule has 0 aromatic carbocycles. The summed E-state index contributed by atoms with van der Waals surface area (Å²) in [6.45, 7) is 6.06. The van der Waals surface area contributed by atoms with Crippen LogP contribution in [0.25, 0.3) is 0 Å². The lowest BCUT2D eigenvalue weighted by molar-refractivity contribution is -0.577. The van der Waals surface area contributed by atoms with Gasteiger partial charge in [0.1, 0.15) is 0 Å². The number of hydrogen-bond acceptors (Lipinski definition) is 5. The van der Waals surface area contributed by atoms with Gasteiger partial charge in [-0.15, -0.1) is 0 Å². The molecule has 120 valence electrons. The molecule has 1 spiro atoms. The van der Waals surface area contributed by atoms with Crippen LogP contribution in [0.3, 0.4) is 0 Å². The molecule has 5 fully saturated rings. The summed E-state index contributed by atoms with van der Waals surface area (Å²) in [4.78, 5) is 11.7. The Morgan fingerprint density at radius 3 is 2.81 bits per heavy atom. The monoisotopic (exact) mass is 302 g/mol. The lowest BCUT2D eigenvalue weighted by Gasteiger charge is -2.60. The fourth-order valence-electron chi connectivity index (χ4n) is 5.01. The van der Waals surface area contributed by atoms with Gasteiger partial charge in [-0.25, -0.2) is 9.78 Å². The molecule has 0 aromatic heterocycles. The summed E-state index contributed by atoms with van der Waals surface area (Å²) in [7, 11) is -2.50. The third-order valence-corrected chi connectivity index (χ3v) is 6.21. The van der Waals surface area contributed by atoms with Crippen molar-refractivity contribution in [1.29, 1.82) is 0 Å². The van der Waals surface area contributed by atoms with Gasteiger partial charge < -0.3 is 14.2 Å². The van der Waals surface area contributed by atoms with E-state index in [-0.39, 0.29) is 17.8 Å². The Morgan fingerprint density at radius 1 is 1.14 bits per heavy atom. The Hall–Kier alpha value is -0.200. The SMILES string of the molecule is [2H][13C]([2H])([2H])OC1OC2O[C@]3(C)CC[C@H]4[C@H](C)CC[C@@H]([C@H]1C)C24OO3. The minimum Gasteiger partial charge on any atom is -0.355 e. The van der Waals surface area contributed by atoms with Crippen LogP contribution >= 0.6 is 0 Å². The van der Waals surface area contributed by atoms with E-state index in [1.165, 1.54) is 0 Å². The van der Waals surface area contributed by atoms with Gasteiger partial charge in [-0.05, 0) is 38.0 Å². The number of rotatable bonds is 1. The van der Waals surface area contributed by atoms with E-state index in [4.69, 9.17) is 28.1 Å². The average molecular weight is 302 g/mol. The van der Waals surface area contributed by atoms with Crippen LogP contribution in [0.2, 0.25) is 0 Å². The van der Waals surface area contributed by atoms with Crippen molar-refractivity contribution in [1.82, 2.24) is 0 Å². The largest absolute Gasteiger partial charge is 0.355 e. The molecular formula is C16H26O5. The zero-order valence-corrected chi connectivity index (χ0v) is 12.8. The minimum atomic E-state index is -2.50. The van der Waals surface area contributed by atoms with Crippen LogP contribution in [0.4, 0.5) is 0 Å². The van der Waals surface area contributed by atoms with Gasteiger partial charge in [0.05, 0.1) is 4.11 Å². The predicted molar refractivity (Wildman–Crippen MR) is 73.8 cm³/mol. The van der Waals surface area contributed by atoms with E-state index in [9.17, 15) is 0 Å². The molecule has 3 unspecified atom stereocenters. The molecule has 21 heavy (non-hydrogen) atoms. The van der Waals surface area contributed by atoms with E-state index < -0.39 is 31.0 Å². The highest BCUT2D eigenvalue weighted by Gasteiger charge is 2.69. The summed E-state index contributed by atoms with van der Waals surface area (Å²) in [5, 5.41) is 0. The highest BCUT2D eigenvalue weighted by atomic mass is 17.3. The zero-order valence-electron chi connectivity index (χ0n) is 15.8. The minimum absolute atomic E-state index is 0.0763. The molecule has 0 N–H and O–H groups in total. The van der Waals surface area contributed by atoms with Gasteiger partial charge in [0.2, 0.25) is 5.79 Å². The molecule has 2 bridgehead atoms. The van der Waals surface area contributed by atoms with Gasteiger partial charge in [-0.3, -0.25) is 0 Å². The topological polar surface area (TPSA) is 46.2 Å². The maximum atomic E-state index is 7.42. The molecule has 4 aliphatic heterocycles.